The summed E-state index contributed by atoms with van der Waals surface area (Å²) in [7, 11) is 0. The fourth-order valence-corrected chi connectivity index (χ4v) is 1.56. The van der Waals surface area contributed by atoms with E-state index in [1.807, 2.05) is 13.8 Å². The molecule has 0 aliphatic carbocycles. The van der Waals surface area contributed by atoms with Crippen LogP contribution in [0.1, 0.15) is 43.5 Å². The predicted octanol–water partition coefficient (Wildman–Crippen LogP) is 3.60. The largest absolute Gasteiger partial charge is 0.494 e. The van der Waals surface area contributed by atoms with Crippen LogP contribution in [0.2, 0.25) is 0 Å². The van der Waals surface area contributed by atoms with Crippen LogP contribution >= 0.6 is 0 Å². The van der Waals surface area contributed by atoms with Gasteiger partial charge in [0.2, 0.25) is 0 Å². The van der Waals surface area contributed by atoms with E-state index in [9.17, 15) is 4.79 Å². The van der Waals surface area contributed by atoms with Gasteiger partial charge in [-0.05, 0) is 57.4 Å². The molecule has 0 fully saturated rings. The van der Waals surface area contributed by atoms with E-state index >= 15 is 0 Å². The molecule has 0 spiro atoms. The Labute approximate surface area is 108 Å². The van der Waals surface area contributed by atoms with E-state index in [4.69, 9.17) is 10.00 Å². The average Bonchev–Trinajstić information content (AvgIpc) is 2.39. The van der Waals surface area contributed by atoms with Crippen LogP contribution in [0.15, 0.2) is 24.3 Å². The monoisotopic (exact) mass is 245 g/mol. The molecule has 0 N–H and O–H groups in total. The second-order valence-electron chi connectivity index (χ2n) is 4.99. The topological polar surface area (TPSA) is 50.1 Å². The first-order chi connectivity index (χ1) is 8.57. The van der Waals surface area contributed by atoms with Crippen molar-refractivity contribution in [2.45, 2.75) is 33.1 Å². The van der Waals surface area contributed by atoms with Crippen molar-refractivity contribution in [2.24, 2.45) is 5.41 Å². The molecular formula is C15H19NO2. The van der Waals surface area contributed by atoms with Crippen molar-refractivity contribution >= 4 is 6.29 Å². The average molecular weight is 245 g/mol. The Morgan fingerprint density at radius 2 is 1.94 bits per heavy atom. The highest BCUT2D eigenvalue weighted by molar-refractivity contribution is 5.74. The van der Waals surface area contributed by atoms with Crippen molar-refractivity contribution in [3.05, 3.63) is 29.8 Å². The van der Waals surface area contributed by atoms with Crippen LogP contribution in [-0.2, 0) is 0 Å². The van der Waals surface area contributed by atoms with Crippen molar-refractivity contribution in [3.8, 4) is 11.8 Å². The number of carbonyl (C=O) groups is 1. The lowest BCUT2D eigenvalue weighted by Gasteiger charge is -2.14. The third-order valence-electron chi connectivity index (χ3n) is 2.78. The third-order valence-corrected chi connectivity index (χ3v) is 2.78. The quantitative estimate of drug-likeness (QED) is 0.544. The molecule has 96 valence electrons. The maximum absolute atomic E-state index is 10.5. The number of nitrogens with zero attached hydrogens (tertiary/aromatic N) is 1. The van der Waals surface area contributed by atoms with E-state index in [0.717, 1.165) is 31.3 Å². The number of ether oxygens (including phenoxy) is 1. The minimum Gasteiger partial charge on any atom is -0.494 e. The van der Waals surface area contributed by atoms with Crippen molar-refractivity contribution in [2.75, 3.05) is 6.61 Å². The smallest absolute Gasteiger partial charge is 0.150 e. The number of hydrogen-bond donors (Lipinski definition) is 0. The molecule has 0 aliphatic rings. The Kier molecular flexibility index (Phi) is 5.38. The van der Waals surface area contributed by atoms with Gasteiger partial charge in [-0.3, -0.25) is 4.79 Å². The molecule has 0 heterocycles. The lowest BCUT2D eigenvalue weighted by molar-refractivity contribution is 0.112. The van der Waals surface area contributed by atoms with Gasteiger partial charge < -0.3 is 4.74 Å². The second kappa shape index (κ2) is 6.80. The molecule has 1 rings (SSSR count). The predicted molar refractivity (Wildman–Crippen MR) is 70.6 cm³/mol. The van der Waals surface area contributed by atoms with Crippen LogP contribution in [0.4, 0.5) is 0 Å². The van der Waals surface area contributed by atoms with E-state index in [1.54, 1.807) is 24.3 Å². The lowest BCUT2D eigenvalue weighted by Crippen LogP contribution is -2.08. The molecule has 0 amide bonds. The van der Waals surface area contributed by atoms with Gasteiger partial charge >= 0.3 is 0 Å². The zero-order valence-corrected chi connectivity index (χ0v) is 11.0. The van der Waals surface area contributed by atoms with Gasteiger partial charge in [-0.1, -0.05) is 0 Å². The number of benzene rings is 1. The highest BCUT2D eigenvalue weighted by Gasteiger charge is 2.15. The minimum atomic E-state index is -0.244. The molecule has 0 saturated carbocycles. The zero-order valence-electron chi connectivity index (χ0n) is 11.0. The summed E-state index contributed by atoms with van der Waals surface area (Å²) in [6.45, 7) is 4.54. The Morgan fingerprint density at radius 1 is 1.28 bits per heavy atom. The lowest BCUT2D eigenvalue weighted by atomic mass is 9.89. The summed E-state index contributed by atoms with van der Waals surface area (Å²) in [6.07, 6.45) is 3.61. The highest BCUT2D eigenvalue weighted by Crippen LogP contribution is 2.21. The molecule has 18 heavy (non-hydrogen) atoms. The summed E-state index contributed by atoms with van der Waals surface area (Å²) in [5.74, 6) is 0.778. The molecule has 3 heteroatoms. The summed E-state index contributed by atoms with van der Waals surface area (Å²) >= 11 is 0. The van der Waals surface area contributed by atoms with Crippen molar-refractivity contribution in [1.29, 1.82) is 5.26 Å². The van der Waals surface area contributed by atoms with Crippen molar-refractivity contribution < 1.29 is 9.53 Å². The molecule has 0 radical (unpaired) electrons. The Hall–Kier alpha value is -1.82. The van der Waals surface area contributed by atoms with E-state index in [-0.39, 0.29) is 5.41 Å². The molecule has 3 nitrogen and oxygen atoms in total. The molecule has 0 aliphatic heterocycles. The van der Waals surface area contributed by atoms with Crippen LogP contribution in [-0.4, -0.2) is 12.9 Å². The SMILES string of the molecule is CC(C)(C#N)CCCCOc1ccc(C=O)cc1. The maximum Gasteiger partial charge on any atom is 0.150 e. The van der Waals surface area contributed by atoms with E-state index in [2.05, 4.69) is 6.07 Å². The first-order valence-electron chi connectivity index (χ1n) is 6.17. The maximum atomic E-state index is 10.5. The van der Waals surface area contributed by atoms with Gasteiger partial charge in [0.25, 0.3) is 0 Å². The summed E-state index contributed by atoms with van der Waals surface area (Å²) in [6, 6.07) is 9.35. The van der Waals surface area contributed by atoms with Crippen molar-refractivity contribution in [3.63, 3.8) is 0 Å². The molecular weight excluding hydrogens is 226 g/mol. The summed E-state index contributed by atoms with van der Waals surface area (Å²) < 4.78 is 5.56. The number of rotatable bonds is 7. The number of nitriles is 1. The normalized spacial score (nSPS) is 10.7. The summed E-state index contributed by atoms with van der Waals surface area (Å²) in [5.41, 5.74) is 0.407. The third kappa shape index (κ3) is 5.01. The number of unbranched alkanes of at least 4 members (excludes halogenated alkanes) is 1. The van der Waals surface area contributed by atoms with Gasteiger partial charge in [-0.25, -0.2) is 0 Å². The van der Waals surface area contributed by atoms with E-state index in [1.165, 1.54) is 0 Å². The van der Waals surface area contributed by atoms with Crippen LogP contribution in [0.3, 0.4) is 0 Å². The van der Waals surface area contributed by atoms with E-state index < -0.39 is 0 Å². The van der Waals surface area contributed by atoms with E-state index in [0.29, 0.717) is 12.2 Å². The van der Waals surface area contributed by atoms with Crippen molar-refractivity contribution in [1.82, 2.24) is 0 Å². The fourth-order valence-electron chi connectivity index (χ4n) is 1.56. The first-order valence-corrected chi connectivity index (χ1v) is 6.17. The summed E-state index contributed by atoms with van der Waals surface area (Å²) in [4.78, 5) is 10.5. The Balaban J connectivity index is 2.22. The Bertz CT molecular complexity index is 415. The molecule has 0 saturated heterocycles. The fraction of sp³-hybridized carbons (Fsp3) is 0.467. The molecule has 0 unspecified atom stereocenters. The van der Waals surface area contributed by atoms with Crippen LogP contribution in [0.5, 0.6) is 5.75 Å². The molecule has 0 aromatic heterocycles. The number of carbonyl (C=O) groups excluding carboxylic acids is 1. The van der Waals surface area contributed by atoms with Gasteiger partial charge in [0.1, 0.15) is 12.0 Å². The standard InChI is InChI=1S/C15H19NO2/c1-15(2,12-16)9-3-4-10-18-14-7-5-13(11-17)6-8-14/h5-8,11H,3-4,9-10H2,1-2H3. The van der Waals surface area contributed by atoms with Gasteiger partial charge in [0.15, 0.2) is 0 Å². The molecule has 1 aromatic carbocycles. The molecule has 0 bridgehead atoms. The number of aldehydes is 1. The highest BCUT2D eigenvalue weighted by atomic mass is 16.5. The molecule has 0 atom stereocenters. The minimum absolute atomic E-state index is 0.244. The van der Waals surface area contributed by atoms with Crippen LogP contribution < -0.4 is 4.74 Å². The van der Waals surface area contributed by atoms with Crippen LogP contribution in [0, 0.1) is 16.7 Å². The number of hydrogen-bond acceptors (Lipinski definition) is 3. The van der Waals surface area contributed by atoms with Gasteiger partial charge in [-0.2, -0.15) is 5.26 Å². The van der Waals surface area contributed by atoms with Crippen LogP contribution in [0.25, 0.3) is 0 Å². The summed E-state index contributed by atoms with van der Waals surface area (Å²) in [5, 5.41) is 8.87. The van der Waals surface area contributed by atoms with Gasteiger partial charge in [-0.15, -0.1) is 0 Å². The Morgan fingerprint density at radius 3 is 2.50 bits per heavy atom. The second-order valence-corrected chi connectivity index (χ2v) is 4.99. The van der Waals surface area contributed by atoms with Gasteiger partial charge in [0, 0.05) is 5.56 Å². The first kappa shape index (κ1) is 14.2. The molecule has 1 aromatic rings. The zero-order chi connectivity index (χ0) is 13.4. The van der Waals surface area contributed by atoms with Gasteiger partial charge in [0.05, 0.1) is 18.1 Å².